The smallest absolute Gasteiger partial charge is 0.267 e. The number of nitrogens with zero attached hydrogens (tertiary/aromatic N) is 3. The average molecular weight is 341 g/mol. The van der Waals surface area contributed by atoms with Crippen molar-refractivity contribution >= 4 is 5.91 Å². The normalized spacial score (nSPS) is 19.5. The van der Waals surface area contributed by atoms with E-state index in [0.717, 1.165) is 12.0 Å². The highest BCUT2D eigenvalue weighted by molar-refractivity contribution is 5.82. The van der Waals surface area contributed by atoms with E-state index >= 15 is 0 Å². The Morgan fingerprint density at radius 2 is 2.00 bits per heavy atom. The zero-order chi connectivity index (χ0) is 17.6. The van der Waals surface area contributed by atoms with Gasteiger partial charge in [-0.15, -0.1) is 0 Å². The Morgan fingerprint density at radius 3 is 2.76 bits per heavy atom. The predicted molar refractivity (Wildman–Crippen MR) is 92.7 cm³/mol. The molecule has 25 heavy (non-hydrogen) atoms. The summed E-state index contributed by atoms with van der Waals surface area (Å²) in [7, 11) is 0. The molecule has 1 aromatic heterocycles. The van der Waals surface area contributed by atoms with E-state index in [0.29, 0.717) is 24.6 Å². The Labute approximate surface area is 147 Å². The van der Waals surface area contributed by atoms with Crippen molar-refractivity contribution in [2.24, 2.45) is 0 Å². The highest BCUT2D eigenvalue weighted by Gasteiger charge is 2.34. The fraction of sp³-hybridized carbons (Fsp3) is 0.474. The third-order valence-electron chi connectivity index (χ3n) is 4.67. The average Bonchev–Trinajstić information content (AvgIpc) is 3.04. The standard InChI is InChI=1S/C19H23N3O3/c1-19(2,3)22-14-8-9-21(11-13(14)10-20-22)18(23)17-12-24-15-6-4-5-7-16(15)25-17/h4-7,10,17H,8-9,11-12H2,1-3H3. The summed E-state index contributed by atoms with van der Waals surface area (Å²) in [5.74, 6) is 1.30. The number of ether oxygens (including phenoxy) is 2. The molecule has 0 fully saturated rings. The molecule has 6 heteroatoms. The van der Waals surface area contributed by atoms with Gasteiger partial charge in [-0.05, 0) is 32.9 Å². The van der Waals surface area contributed by atoms with Gasteiger partial charge in [-0.25, -0.2) is 0 Å². The highest BCUT2D eigenvalue weighted by Crippen LogP contribution is 2.32. The van der Waals surface area contributed by atoms with Crippen LogP contribution in [0.3, 0.4) is 0 Å². The van der Waals surface area contributed by atoms with Crippen LogP contribution in [0.25, 0.3) is 0 Å². The Hall–Kier alpha value is -2.50. The Bertz CT molecular complexity index is 806. The molecule has 0 N–H and O–H groups in total. The van der Waals surface area contributed by atoms with E-state index in [2.05, 4.69) is 30.6 Å². The zero-order valence-electron chi connectivity index (χ0n) is 14.9. The Morgan fingerprint density at radius 1 is 1.24 bits per heavy atom. The number of amides is 1. The first-order valence-corrected chi connectivity index (χ1v) is 8.67. The summed E-state index contributed by atoms with van der Waals surface area (Å²) in [5.41, 5.74) is 2.29. The third kappa shape index (κ3) is 2.86. The second kappa shape index (κ2) is 5.79. The monoisotopic (exact) mass is 341 g/mol. The molecule has 2 aromatic rings. The third-order valence-corrected chi connectivity index (χ3v) is 4.67. The first kappa shape index (κ1) is 16.0. The molecule has 1 amide bonds. The van der Waals surface area contributed by atoms with E-state index in [1.54, 1.807) is 0 Å². The summed E-state index contributed by atoms with van der Waals surface area (Å²) in [6, 6.07) is 7.45. The summed E-state index contributed by atoms with van der Waals surface area (Å²) < 4.78 is 13.6. The molecule has 0 spiro atoms. The molecule has 2 aliphatic heterocycles. The summed E-state index contributed by atoms with van der Waals surface area (Å²) in [6.45, 7) is 7.93. The Balaban J connectivity index is 1.49. The van der Waals surface area contributed by atoms with Crippen molar-refractivity contribution in [2.45, 2.75) is 45.4 Å². The lowest BCUT2D eigenvalue weighted by atomic mass is 10.0. The lowest BCUT2D eigenvalue weighted by Crippen LogP contribution is -2.48. The molecular weight excluding hydrogens is 318 g/mol. The first-order chi connectivity index (χ1) is 11.9. The van der Waals surface area contributed by atoms with Crippen LogP contribution in [-0.2, 0) is 23.3 Å². The van der Waals surface area contributed by atoms with Gasteiger partial charge in [0.2, 0.25) is 6.10 Å². The number of para-hydroxylation sites is 2. The molecule has 0 saturated heterocycles. The largest absolute Gasteiger partial charge is 0.485 e. The molecular formula is C19H23N3O3. The Kier molecular flexibility index (Phi) is 3.71. The van der Waals surface area contributed by atoms with Crippen molar-refractivity contribution < 1.29 is 14.3 Å². The van der Waals surface area contributed by atoms with Crippen LogP contribution in [0.2, 0.25) is 0 Å². The number of carbonyl (C=O) groups excluding carboxylic acids is 1. The van der Waals surface area contributed by atoms with Crippen LogP contribution >= 0.6 is 0 Å². The molecule has 2 aliphatic rings. The maximum absolute atomic E-state index is 12.9. The van der Waals surface area contributed by atoms with Crippen LogP contribution in [0, 0.1) is 0 Å². The van der Waals surface area contributed by atoms with Crippen molar-refractivity contribution in [1.82, 2.24) is 14.7 Å². The lowest BCUT2D eigenvalue weighted by Gasteiger charge is -2.33. The highest BCUT2D eigenvalue weighted by atomic mass is 16.6. The van der Waals surface area contributed by atoms with Crippen LogP contribution in [-0.4, -0.2) is 39.8 Å². The second-order valence-electron chi connectivity index (χ2n) is 7.57. The quantitative estimate of drug-likeness (QED) is 0.799. The van der Waals surface area contributed by atoms with Crippen molar-refractivity contribution in [2.75, 3.05) is 13.2 Å². The van der Waals surface area contributed by atoms with Crippen molar-refractivity contribution in [3.05, 3.63) is 41.7 Å². The van der Waals surface area contributed by atoms with Crippen LogP contribution in [0.4, 0.5) is 0 Å². The van der Waals surface area contributed by atoms with E-state index in [1.165, 1.54) is 5.69 Å². The van der Waals surface area contributed by atoms with Gasteiger partial charge in [0.25, 0.3) is 5.91 Å². The molecule has 3 heterocycles. The first-order valence-electron chi connectivity index (χ1n) is 8.67. The number of fused-ring (bicyclic) bond motifs is 2. The van der Waals surface area contributed by atoms with Gasteiger partial charge in [0.05, 0.1) is 11.7 Å². The molecule has 0 aliphatic carbocycles. The van der Waals surface area contributed by atoms with E-state index in [4.69, 9.17) is 9.47 Å². The lowest BCUT2D eigenvalue weighted by molar-refractivity contribution is -0.142. The minimum atomic E-state index is -0.589. The van der Waals surface area contributed by atoms with Crippen molar-refractivity contribution in [3.63, 3.8) is 0 Å². The molecule has 1 unspecified atom stereocenters. The van der Waals surface area contributed by atoms with Gasteiger partial charge in [-0.1, -0.05) is 12.1 Å². The van der Waals surface area contributed by atoms with Crippen molar-refractivity contribution in [1.29, 1.82) is 0 Å². The predicted octanol–water partition coefficient (Wildman–Crippen LogP) is 2.36. The molecule has 1 aromatic carbocycles. The minimum absolute atomic E-state index is 0.0244. The number of carbonyl (C=O) groups is 1. The summed E-state index contributed by atoms with van der Waals surface area (Å²) in [6.07, 6.45) is 2.10. The van der Waals surface area contributed by atoms with E-state index < -0.39 is 6.10 Å². The van der Waals surface area contributed by atoms with Crippen molar-refractivity contribution in [3.8, 4) is 11.5 Å². The molecule has 1 atom stereocenters. The van der Waals surface area contributed by atoms with Crippen LogP contribution in [0.15, 0.2) is 30.5 Å². The molecule has 0 radical (unpaired) electrons. The van der Waals surface area contributed by atoms with E-state index in [1.807, 2.05) is 35.4 Å². The molecule has 6 nitrogen and oxygen atoms in total. The zero-order valence-corrected chi connectivity index (χ0v) is 14.9. The van der Waals surface area contributed by atoms with E-state index in [9.17, 15) is 4.79 Å². The second-order valence-corrected chi connectivity index (χ2v) is 7.57. The van der Waals surface area contributed by atoms with Gasteiger partial charge in [0, 0.05) is 30.8 Å². The van der Waals surface area contributed by atoms with Gasteiger partial charge in [0.1, 0.15) is 6.61 Å². The van der Waals surface area contributed by atoms with Gasteiger partial charge in [-0.2, -0.15) is 5.10 Å². The van der Waals surface area contributed by atoms with Crippen LogP contribution in [0.5, 0.6) is 11.5 Å². The van der Waals surface area contributed by atoms with Gasteiger partial charge < -0.3 is 14.4 Å². The van der Waals surface area contributed by atoms with Gasteiger partial charge in [-0.3, -0.25) is 9.48 Å². The maximum Gasteiger partial charge on any atom is 0.267 e. The number of hydrogen-bond acceptors (Lipinski definition) is 4. The molecule has 132 valence electrons. The van der Waals surface area contributed by atoms with Gasteiger partial charge in [0.15, 0.2) is 11.5 Å². The topological polar surface area (TPSA) is 56.6 Å². The summed E-state index contributed by atoms with van der Waals surface area (Å²) >= 11 is 0. The SMILES string of the molecule is CC(C)(C)n1ncc2c1CCN(C(=O)C1COc3ccccc3O1)C2. The molecule has 0 bridgehead atoms. The number of aromatic nitrogens is 2. The summed E-state index contributed by atoms with van der Waals surface area (Å²) in [4.78, 5) is 14.7. The summed E-state index contributed by atoms with van der Waals surface area (Å²) in [5, 5.41) is 4.53. The van der Waals surface area contributed by atoms with E-state index in [-0.39, 0.29) is 18.1 Å². The molecule has 4 rings (SSSR count). The minimum Gasteiger partial charge on any atom is -0.485 e. The fourth-order valence-corrected chi connectivity index (χ4v) is 3.44. The number of benzene rings is 1. The van der Waals surface area contributed by atoms with Gasteiger partial charge >= 0.3 is 0 Å². The maximum atomic E-state index is 12.9. The fourth-order valence-electron chi connectivity index (χ4n) is 3.44. The number of rotatable bonds is 1. The number of hydrogen-bond donors (Lipinski definition) is 0. The van der Waals surface area contributed by atoms with Crippen LogP contribution < -0.4 is 9.47 Å². The van der Waals surface area contributed by atoms with Crippen LogP contribution in [0.1, 0.15) is 32.0 Å². The molecule has 0 saturated carbocycles.